The molecule has 1 aromatic heterocycles. The molecule has 2 N–H and O–H groups in total. The molecule has 0 bridgehead atoms. The number of aromatic amines is 1. The van der Waals surface area contributed by atoms with Crippen LogP contribution in [-0.2, 0) is 0 Å². The number of hydrogen-bond donors (Lipinski definition) is 2. The fourth-order valence-electron chi connectivity index (χ4n) is 3.59. The Kier molecular flexibility index (Phi) is 4.70. The van der Waals surface area contributed by atoms with E-state index in [0.717, 1.165) is 31.4 Å². The van der Waals surface area contributed by atoms with Crippen LogP contribution in [0.2, 0.25) is 0 Å². The van der Waals surface area contributed by atoms with Crippen molar-refractivity contribution in [2.45, 2.75) is 25.8 Å². The topological polar surface area (TPSA) is 47.2 Å². The second-order valence-electron chi connectivity index (χ2n) is 6.09. The summed E-state index contributed by atoms with van der Waals surface area (Å²) in [6, 6.07) is 0.431. The van der Waals surface area contributed by atoms with Crippen molar-refractivity contribution in [3.8, 4) is 0 Å². The number of H-pyrrole nitrogens is 1. The van der Waals surface area contributed by atoms with E-state index in [-0.39, 0.29) is 0 Å². The summed E-state index contributed by atoms with van der Waals surface area (Å²) in [4.78, 5) is 13.0. The number of aromatic nitrogens is 2. The molecule has 0 spiro atoms. The zero-order chi connectivity index (χ0) is 13.8. The number of nitrogens with zero attached hydrogens (tertiary/aromatic N) is 3. The Balaban J connectivity index is 1.60. The van der Waals surface area contributed by atoms with E-state index in [2.05, 4.69) is 32.0 Å². The predicted octanol–water partition coefficient (Wildman–Crippen LogP) is 1.09. The molecule has 3 heterocycles. The summed E-state index contributed by atoms with van der Waals surface area (Å²) in [7, 11) is 0. The minimum absolute atomic E-state index is 0.431. The smallest absolute Gasteiger partial charge is 0.124 e. The van der Waals surface area contributed by atoms with Crippen molar-refractivity contribution < 1.29 is 0 Å². The molecule has 2 aliphatic heterocycles. The van der Waals surface area contributed by atoms with E-state index in [4.69, 9.17) is 0 Å². The van der Waals surface area contributed by atoms with E-state index in [1.54, 1.807) is 0 Å². The summed E-state index contributed by atoms with van der Waals surface area (Å²) in [5.74, 6) is 1.95. The Morgan fingerprint density at radius 1 is 1.40 bits per heavy atom. The Labute approximate surface area is 121 Å². The molecular weight excluding hydrogens is 250 g/mol. The zero-order valence-corrected chi connectivity index (χ0v) is 12.5. The highest BCUT2D eigenvalue weighted by Gasteiger charge is 2.30. The SMILES string of the molecule is CCN1CCN(CC2CCCNC2)CC1c1ncc[nH]1. The lowest BCUT2D eigenvalue weighted by molar-refractivity contribution is 0.0614. The van der Waals surface area contributed by atoms with Crippen LogP contribution in [0.4, 0.5) is 0 Å². The lowest BCUT2D eigenvalue weighted by Crippen LogP contribution is -2.50. The van der Waals surface area contributed by atoms with Gasteiger partial charge in [0.1, 0.15) is 5.82 Å². The fourth-order valence-corrected chi connectivity index (χ4v) is 3.59. The van der Waals surface area contributed by atoms with Gasteiger partial charge in [-0.25, -0.2) is 4.98 Å². The molecule has 0 amide bonds. The van der Waals surface area contributed by atoms with Crippen LogP contribution < -0.4 is 5.32 Å². The van der Waals surface area contributed by atoms with Gasteiger partial charge >= 0.3 is 0 Å². The normalized spacial score (nSPS) is 29.6. The molecule has 0 radical (unpaired) electrons. The van der Waals surface area contributed by atoms with Crippen LogP contribution in [0.25, 0.3) is 0 Å². The first kappa shape index (κ1) is 14.0. The molecule has 20 heavy (non-hydrogen) atoms. The highest BCUT2D eigenvalue weighted by molar-refractivity contribution is 5.00. The molecule has 2 fully saturated rings. The first-order valence-electron chi connectivity index (χ1n) is 8.03. The number of nitrogens with one attached hydrogen (secondary N) is 2. The standard InChI is InChI=1S/C15H27N5/c1-2-20-9-8-19(11-13-4-3-5-16-10-13)12-14(20)15-17-6-7-18-15/h6-7,13-14,16H,2-5,8-12H2,1H3,(H,17,18). The maximum Gasteiger partial charge on any atom is 0.124 e. The van der Waals surface area contributed by atoms with Crippen LogP contribution in [0.5, 0.6) is 0 Å². The third-order valence-corrected chi connectivity index (χ3v) is 4.73. The van der Waals surface area contributed by atoms with E-state index in [9.17, 15) is 0 Å². The molecule has 2 saturated heterocycles. The number of likely N-dealkylation sites (N-methyl/N-ethyl adjacent to an activating group) is 1. The third-order valence-electron chi connectivity index (χ3n) is 4.73. The van der Waals surface area contributed by atoms with Crippen LogP contribution >= 0.6 is 0 Å². The maximum atomic E-state index is 4.48. The molecule has 5 heteroatoms. The minimum atomic E-state index is 0.431. The Hall–Kier alpha value is -0.910. The Morgan fingerprint density at radius 3 is 3.05 bits per heavy atom. The second-order valence-corrected chi connectivity index (χ2v) is 6.09. The van der Waals surface area contributed by atoms with Gasteiger partial charge in [-0.1, -0.05) is 6.92 Å². The van der Waals surface area contributed by atoms with Crippen LogP contribution in [-0.4, -0.2) is 65.6 Å². The molecule has 3 rings (SSSR count). The summed E-state index contributed by atoms with van der Waals surface area (Å²) < 4.78 is 0. The highest BCUT2D eigenvalue weighted by Crippen LogP contribution is 2.23. The largest absolute Gasteiger partial charge is 0.347 e. The molecule has 0 aliphatic carbocycles. The van der Waals surface area contributed by atoms with Gasteiger partial charge in [-0.15, -0.1) is 0 Å². The van der Waals surface area contributed by atoms with Gasteiger partial charge in [0.15, 0.2) is 0 Å². The average Bonchev–Trinajstić information content (AvgIpc) is 3.02. The van der Waals surface area contributed by atoms with E-state index >= 15 is 0 Å². The quantitative estimate of drug-likeness (QED) is 0.865. The van der Waals surface area contributed by atoms with Crippen molar-refractivity contribution in [3.05, 3.63) is 18.2 Å². The Morgan fingerprint density at radius 2 is 2.35 bits per heavy atom. The molecule has 2 aliphatic rings. The lowest BCUT2D eigenvalue weighted by Gasteiger charge is -2.41. The van der Waals surface area contributed by atoms with Crippen LogP contribution in [0, 0.1) is 5.92 Å². The molecule has 5 nitrogen and oxygen atoms in total. The first-order valence-corrected chi connectivity index (χ1v) is 8.03. The van der Waals surface area contributed by atoms with Crippen molar-refractivity contribution in [1.29, 1.82) is 0 Å². The maximum absolute atomic E-state index is 4.48. The first-order chi connectivity index (χ1) is 9.86. The van der Waals surface area contributed by atoms with E-state index in [0.29, 0.717) is 6.04 Å². The summed E-state index contributed by atoms with van der Waals surface area (Å²) >= 11 is 0. The number of rotatable bonds is 4. The molecule has 2 unspecified atom stereocenters. The van der Waals surface area contributed by atoms with Crippen LogP contribution in [0.15, 0.2) is 12.4 Å². The summed E-state index contributed by atoms with van der Waals surface area (Å²) in [5, 5.41) is 3.53. The van der Waals surface area contributed by atoms with Gasteiger partial charge in [-0.05, 0) is 38.4 Å². The summed E-state index contributed by atoms with van der Waals surface area (Å²) in [5.41, 5.74) is 0. The van der Waals surface area contributed by atoms with Gasteiger partial charge in [0.2, 0.25) is 0 Å². The zero-order valence-electron chi connectivity index (χ0n) is 12.5. The molecule has 2 atom stereocenters. The lowest BCUT2D eigenvalue weighted by atomic mass is 9.98. The van der Waals surface area contributed by atoms with E-state index < -0.39 is 0 Å². The number of hydrogen-bond acceptors (Lipinski definition) is 4. The minimum Gasteiger partial charge on any atom is -0.347 e. The Bertz CT molecular complexity index is 385. The molecule has 0 saturated carbocycles. The third kappa shape index (κ3) is 3.22. The molecule has 1 aromatic rings. The fraction of sp³-hybridized carbons (Fsp3) is 0.800. The second kappa shape index (κ2) is 6.70. The van der Waals surface area contributed by atoms with Crippen molar-refractivity contribution in [2.75, 3.05) is 45.8 Å². The van der Waals surface area contributed by atoms with Gasteiger partial charge < -0.3 is 10.3 Å². The van der Waals surface area contributed by atoms with Crippen molar-refractivity contribution >= 4 is 0 Å². The van der Waals surface area contributed by atoms with Crippen molar-refractivity contribution in [1.82, 2.24) is 25.1 Å². The number of imidazole rings is 1. The molecule has 112 valence electrons. The number of piperazine rings is 1. The highest BCUT2D eigenvalue weighted by atomic mass is 15.3. The predicted molar refractivity (Wildman–Crippen MR) is 80.6 cm³/mol. The average molecular weight is 277 g/mol. The van der Waals surface area contributed by atoms with Crippen LogP contribution in [0.1, 0.15) is 31.6 Å². The van der Waals surface area contributed by atoms with Gasteiger partial charge in [-0.2, -0.15) is 0 Å². The van der Waals surface area contributed by atoms with Gasteiger partial charge in [0.05, 0.1) is 6.04 Å². The summed E-state index contributed by atoms with van der Waals surface area (Å²) in [6.07, 6.45) is 6.52. The van der Waals surface area contributed by atoms with Gasteiger partial charge in [0, 0.05) is 38.6 Å². The van der Waals surface area contributed by atoms with E-state index in [1.165, 1.54) is 39.0 Å². The van der Waals surface area contributed by atoms with Crippen molar-refractivity contribution in [3.63, 3.8) is 0 Å². The monoisotopic (exact) mass is 277 g/mol. The van der Waals surface area contributed by atoms with E-state index in [1.807, 2.05) is 12.4 Å². The number of piperidine rings is 1. The van der Waals surface area contributed by atoms with Gasteiger partial charge in [-0.3, -0.25) is 9.80 Å². The van der Waals surface area contributed by atoms with Gasteiger partial charge in [0.25, 0.3) is 0 Å². The van der Waals surface area contributed by atoms with Crippen molar-refractivity contribution in [2.24, 2.45) is 5.92 Å². The molecular formula is C15H27N5. The summed E-state index contributed by atoms with van der Waals surface area (Å²) in [6.45, 7) is 10.4. The van der Waals surface area contributed by atoms with Crippen LogP contribution in [0.3, 0.4) is 0 Å². The molecule has 0 aromatic carbocycles.